The van der Waals surface area contributed by atoms with Crippen LogP contribution in [-0.4, -0.2) is 39.3 Å². The lowest BCUT2D eigenvalue weighted by atomic mass is 9.86. The fourth-order valence-corrected chi connectivity index (χ4v) is 3.13. The Morgan fingerprint density at radius 2 is 2.18 bits per heavy atom. The van der Waals surface area contributed by atoms with Crippen molar-refractivity contribution in [3.05, 3.63) is 53.3 Å². The van der Waals surface area contributed by atoms with E-state index < -0.39 is 0 Å². The molecule has 116 valence electrons. The molecule has 22 heavy (non-hydrogen) atoms. The van der Waals surface area contributed by atoms with Crippen LogP contribution in [0.5, 0.6) is 0 Å². The van der Waals surface area contributed by atoms with Gasteiger partial charge in [-0.1, -0.05) is 30.3 Å². The van der Waals surface area contributed by atoms with Crippen LogP contribution in [0.2, 0.25) is 0 Å². The zero-order chi connectivity index (χ0) is 15.4. The lowest BCUT2D eigenvalue weighted by Gasteiger charge is -2.29. The molecule has 0 saturated heterocycles. The summed E-state index contributed by atoms with van der Waals surface area (Å²) in [5, 5.41) is 16.4. The lowest BCUT2D eigenvalue weighted by molar-refractivity contribution is -0.134. The van der Waals surface area contributed by atoms with Crippen molar-refractivity contribution < 1.29 is 9.90 Å². The number of hydrogen-bond donors (Lipinski definition) is 2. The van der Waals surface area contributed by atoms with Crippen molar-refractivity contribution in [3.63, 3.8) is 0 Å². The van der Waals surface area contributed by atoms with E-state index in [1.807, 2.05) is 30.3 Å². The molecular weight excluding hydrogens is 278 g/mol. The third-order valence-corrected chi connectivity index (χ3v) is 4.24. The van der Waals surface area contributed by atoms with Crippen LogP contribution in [0, 0.1) is 0 Å². The second-order valence-electron chi connectivity index (χ2n) is 5.72. The molecule has 5 heteroatoms. The van der Waals surface area contributed by atoms with Crippen LogP contribution in [0.25, 0.3) is 0 Å². The van der Waals surface area contributed by atoms with Gasteiger partial charge in [-0.15, -0.1) is 0 Å². The maximum atomic E-state index is 12.9. The van der Waals surface area contributed by atoms with Gasteiger partial charge in [-0.2, -0.15) is 5.10 Å². The van der Waals surface area contributed by atoms with Crippen LogP contribution in [0.4, 0.5) is 0 Å². The predicted molar refractivity (Wildman–Crippen MR) is 83.2 cm³/mol. The molecule has 0 saturated carbocycles. The first-order chi connectivity index (χ1) is 10.8. The number of hydrogen-bond acceptors (Lipinski definition) is 3. The van der Waals surface area contributed by atoms with E-state index in [2.05, 4.69) is 10.2 Å². The SMILES string of the molecule is O=C(C1CCCc2[nH]ncc21)N(CCO)Cc1ccccc1. The number of aromatic nitrogens is 2. The third-order valence-electron chi connectivity index (χ3n) is 4.24. The highest BCUT2D eigenvalue weighted by atomic mass is 16.3. The molecule has 3 rings (SSSR count). The molecule has 5 nitrogen and oxygen atoms in total. The number of carbonyl (C=O) groups excluding carboxylic acids is 1. The zero-order valence-electron chi connectivity index (χ0n) is 12.5. The topological polar surface area (TPSA) is 69.2 Å². The first-order valence-corrected chi connectivity index (χ1v) is 7.75. The number of benzene rings is 1. The van der Waals surface area contributed by atoms with Gasteiger partial charge in [0.05, 0.1) is 18.7 Å². The van der Waals surface area contributed by atoms with Crippen molar-refractivity contribution in [2.45, 2.75) is 31.7 Å². The van der Waals surface area contributed by atoms with Crippen molar-refractivity contribution >= 4 is 5.91 Å². The highest BCUT2D eigenvalue weighted by Crippen LogP contribution is 2.32. The van der Waals surface area contributed by atoms with Gasteiger partial charge in [0, 0.05) is 24.3 Å². The van der Waals surface area contributed by atoms with Crippen LogP contribution >= 0.6 is 0 Å². The Balaban J connectivity index is 1.79. The van der Waals surface area contributed by atoms with Gasteiger partial charge in [0.2, 0.25) is 5.91 Å². The first-order valence-electron chi connectivity index (χ1n) is 7.75. The number of aryl methyl sites for hydroxylation is 1. The predicted octanol–water partition coefficient (Wildman–Crippen LogP) is 1.85. The Morgan fingerprint density at radius 3 is 2.95 bits per heavy atom. The van der Waals surface area contributed by atoms with Gasteiger partial charge in [-0.05, 0) is 24.8 Å². The minimum atomic E-state index is -0.141. The number of carbonyl (C=O) groups is 1. The van der Waals surface area contributed by atoms with E-state index in [-0.39, 0.29) is 18.4 Å². The highest BCUT2D eigenvalue weighted by Gasteiger charge is 2.31. The summed E-state index contributed by atoms with van der Waals surface area (Å²) in [6.45, 7) is 0.866. The summed E-state index contributed by atoms with van der Waals surface area (Å²) in [5.41, 5.74) is 3.17. The second-order valence-corrected chi connectivity index (χ2v) is 5.72. The molecule has 0 aliphatic heterocycles. The maximum absolute atomic E-state index is 12.9. The molecule has 1 amide bonds. The van der Waals surface area contributed by atoms with Crippen LogP contribution in [0.15, 0.2) is 36.5 Å². The van der Waals surface area contributed by atoms with Crippen LogP contribution in [-0.2, 0) is 17.8 Å². The van der Waals surface area contributed by atoms with E-state index in [0.717, 1.165) is 36.1 Å². The summed E-state index contributed by atoms with van der Waals surface area (Å²) in [6, 6.07) is 9.89. The number of aliphatic hydroxyl groups is 1. The molecule has 1 aromatic heterocycles. The van der Waals surface area contributed by atoms with Crippen molar-refractivity contribution in [3.8, 4) is 0 Å². The molecule has 0 bridgehead atoms. The number of fused-ring (bicyclic) bond motifs is 1. The van der Waals surface area contributed by atoms with Gasteiger partial charge in [-0.3, -0.25) is 9.89 Å². The fraction of sp³-hybridized carbons (Fsp3) is 0.412. The van der Waals surface area contributed by atoms with Gasteiger partial charge in [-0.25, -0.2) is 0 Å². The molecule has 1 heterocycles. The number of aromatic amines is 1. The average Bonchev–Trinajstić information content (AvgIpc) is 3.03. The van der Waals surface area contributed by atoms with E-state index in [1.54, 1.807) is 11.1 Å². The molecule has 1 unspecified atom stereocenters. The maximum Gasteiger partial charge on any atom is 0.230 e. The summed E-state index contributed by atoms with van der Waals surface area (Å²) in [6.07, 6.45) is 4.57. The number of nitrogens with one attached hydrogen (secondary N) is 1. The number of amides is 1. The summed E-state index contributed by atoms with van der Waals surface area (Å²) in [5.74, 6) is -0.0574. The van der Waals surface area contributed by atoms with Crippen molar-refractivity contribution in [2.24, 2.45) is 0 Å². The Bertz CT molecular complexity index is 624. The molecule has 0 spiro atoms. The van der Waals surface area contributed by atoms with Gasteiger partial charge in [0.15, 0.2) is 0 Å². The largest absolute Gasteiger partial charge is 0.395 e. The van der Waals surface area contributed by atoms with E-state index >= 15 is 0 Å². The fourth-order valence-electron chi connectivity index (χ4n) is 3.13. The number of H-pyrrole nitrogens is 1. The van der Waals surface area contributed by atoms with E-state index in [9.17, 15) is 9.90 Å². The lowest BCUT2D eigenvalue weighted by Crippen LogP contribution is -2.37. The second kappa shape index (κ2) is 6.75. The number of rotatable bonds is 5. The smallest absolute Gasteiger partial charge is 0.230 e. The Labute approximate surface area is 130 Å². The summed E-state index contributed by atoms with van der Waals surface area (Å²) in [7, 11) is 0. The molecule has 2 aromatic rings. The molecule has 0 fully saturated rings. The van der Waals surface area contributed by atoms with Crippen LogP contribution in [0.3, 0.4) is 0 Å². The summed E-state index contributed by atoms with van der Waals surface area (Å²) < 4.78 is 0. The van der Waals surface area contributed by atoms with Crippen molar-refractivity contribution in [1.29, 1.82) is 0 Å². The quantitative estimate of drug-likeness (QED) is 0.885. The highest BCUT2D eigenvalue weighted by molar-refractivity contribution is 5.84. The summed E-state index contributed by atoms with van der Waals surface area (Å²) in [4.78, 5) is 14.7. The Kier molecular flexibility index (Phi) is 4.53. The normalized spacial score (nSPS) is 17.0. The Morgan fingerprint density at radius 1 is 1.36 bits per heavy atom. The van der Waals surface area contributed by atoms with E-state index in [1.165, 1.54) is 0 Å². The Hall–Kier alpha value is -2.14. The zero-order valence-corrected chi connectivity index (χ0v) is 12.5. The first kappa shape index (κ1) is 14.8. The molecule has 1 atom stereocenters. The molecular formula is C17H21N3O2. The molecule has 1 aliphatic carbocycles. The number of nitrogens with zero attached hydrogens (tertiary/aromatic N) is 2. The molecule has 2 N–H and O–H groups in total. The van der Waals surface area contributed by atoms with Crippen LogP contribution < -0.4 is 0 Å². The number of aliphatic hydroxyl groups excluding tert-OH is 1. The van der Waals surface area contributed by atoms with Gasteiger partial charge in [0.1, 0.15) is 0 Å². The van der Waals surface area contributed by atoms with Gasteiger partial charge < -0.3 is 10.0 Å². The minimum Gasteiger partial charge on any atom is -0.395 e. The molecule has 0 radical (unpaired) electrons. The third kappa shape index (κ3) is 3.04. The van der Waals surface area contributed by atoms with E-state index in [4.69, 9.17) is 0 Å². The van der Waals surface area contributed by atoms with Crippen LogP contribution in [0.1, 0.15) is 35.6 Å². The average molecular weight is 299 g/mol. The monoisotopic (exact) mass is 299 g/mol. The van der Waals surface area contributed by atoms with Crippen molar-refractivity contribution in [1.82, 2.24) is 15.1 Å². The minimum absolute atomic E-state index is 0.0243. The summed E-state index contributed by atoms with van der Waals surface area (Å²) >= 11 is 0. The standard InChI is InChI=1S/C17H21N3O2/c21-10-9-20(12-13-5-2-1-3-6-13)17(22)14-7-4-8-16-15(14)11-18-19-16/h1-3,5-6,11,14,21H,4,7-10,12H2,(H,18,19). The molecule has 1 aliphatic rings. The van der Waals surface area contributed by atoms with Gasteiger partial charge in [0.25, 0.3) is 0 Å². The molecule has 1 aromatic carbocycles. The van der Waals surface area contributed by atoms with E-state index in [0.29, 0.717) is 13.1 Å². The van der Waals surface area contributed by atoms with Gasteiger partial charge >= 0.3 is 0 Å². The van der Waals surface area contributed by atoms with Crippen molar-refractivity contribution in [2.75, 3.05) is 13.2 Å².